The van der Waals surface area contributed by atoms with Gasteiger partial charge in [-0.25, -0.2) is 0 Å². The zero-order valence-electron chi connectivity index (χ0n) is 10.7. The Labute approximate surface area is 122 Å². The topological polar surface area (TPSA) is 50.9 Å². The predicted octanol–water partition coefficient (Wildman–Crippen LogP) is 2.85. The van der Waals surface area contributed by atoms with E-state index in [1.54, 1.807) is 0 Å². The van der Waals surface area contributed by atoms with Crippen LogP contribution in [0.3, 0.4) is 0 Å². The maximum absolute atomic E-state index is 5.63. The average molecular weight is 320 g/mol. The van der Waals surface area contributed by atoms with Crippen molar-refractivity contribution < 1.29 is 0 Å². The molecule has 0 radical (unpaired) electrons. The largest absolute Gasteiger partial charge is 0.271 e. The molecule has 2 aromatic rings. The molecule has 1 aromatic heterocycles. The number of pyridine rings is 1. The Morgan fingerprint density at radius 3 is 2.58 bits per heavy atom. The van der Waals surface area contributed by atoms with Crippen molar-refractivity contribution in [1.82, 2.24) is 10.4 Å². The van der Waals surface area contributed by atoms with E-state index in [0.717, 1.165) is 29.4 Å². The van der Waals surface area contributed by atoms with Crippen LogP contribution in [-0.4, -0.2) is 11.0 Å². The summed E-state index contributed by atoms with van der Waals surface area (Å²) in [6.45, 7) is 0. The molecular formula is C15H18BrN3. The molecule has 19 heavy (non-hydrogen) atoms. The van der Waals surface area contributed by atoms with Crippen LogP contribution in [0.1, 0.15) is 17.7 Å². The maximum Gasteiger partial charge on any atom is 0.0404 e. The first-order valence-corrected chi connectivity index (χ1v) is 7.17. The van der Waals surface area contributed by atoms with Gasteiger partial charge in [-0.15, -0.1) is 0 Å². The van der Waals surface area contributed by atoms with E-state index in [4.69, 9.17) is 5.84 Å². The molecular weight excluding hydrogens is 302 g/mol. The van der Waals surface area contributed by atoms with Gasteiger partial charge in [0.15, 0.2) is 0 Å². The Bertz CT molecular complexity index is 485. The van der Waals surface area contributed by atoms with Crippen LogP contribution in [0.25, 0.3) is 0 Å². The highest BCUT2D eigenvalue weighted by Crippen LogP contribution is 2.13. The van der Waals surface area contributed by atoms with Crippen LogP contribution in [0, 0.1) is 0 Å². The van der Waals surface area contributed by atoms with Crippen LogP contribution in [0.15, 0.2) is 53.1 Å². The lowest BCUT2D eigenvalue weighted by Gasteiger charge is -2.15. The Morgan fingerprint density at radius 2 is 1.95 bits per heavy atom. The van der Waals surface area contributed by atoms with Crippen LogP contribution in [0.5, 0.6) is 0 Å². The number of aromatic nitrogens is 1. The van der Waals surface area contributed by atoms with Crippen LogP contribution in [0.4, 0.5) is 0 Å². The van der Waals surface area contributed by atoms with Crippen molar-refractivity contribution in [3.05, 3.63) is 64.4 Å². The summed E-state index contributed by atoms with van der Waals surface area (Å²) in [5, 5.41) is 0. The summed E-state index contributed by atoms with van der Waals surface area (Å²) in [7, 11) is 0. The molecule has 0 saturated carbocycles. The molecule has 0 aliphatic rings. The lowest BCUT2D eigenvalue weighted by Crippen LogP contribution is -2.37. The van der Waals surface area contributed by atoms with Crippen molar-refractivity contribution in [3.63, 3.8) is 0 Å². The third-order valence-corrected chi connectivity index (χ3v) is 3.63. The fourth-order valence-corrected chi connectivity index (χ4v) is 2.28. The van der Waals surface area contributed by atoms with Gasteiger partial charge in [-0.1, -0.05) is 34.1 Å². The molecule has 0 fully saturated rings. The maximum atomic E-state index is 5.63. The molecule has 1 aromatic carbocycles. The van der Waals surface area contributed by atoms with Crippen LogP contribution >= 0.6 is 15.9 Å². The zero-order valence-corrected chi connectivity index (χ0v) is 12.3. The van der Waals surface area contributed by atoms with Crippen LogP contribution < -0.4 is 11.3 Å². The van der Waals surface area contributed by atoms with Crippen molar-refractivity contribution >= 4 is 15.9 Å². The Balaban J connectivity index is 1.88. The number of nitrogens with two attached hydrogens (primary N) is 1. The molecule has 0 aliphatic heterocycles. The first-order chi connectivity index (χ1) is 9.28. The first kappa shape index (κ1) is 14.2. The first-order valence-electron chi connectivity index (χ1n) is 6.38. The summed E-state index contributed by atoms with van der Waals surface area (Å²) in [5.41, 5.74) is 5.29. The van der Waals surface area contributed by atoms with E-state index in [-0.39, 0.29) is 6.04 Å². The van der Waals surface area contributed by atoms with Crippen molar-refractivity contribution in [2.45, 2.75) is 25.3 Å². The highest BCUT2D eigenvalue weighted by molar-refractivity contribution is 9.10. The fraction of sp³-hybridized carbons (Fsp3) is 0.267. The van der Waals surface area contributed by atoms with Gasteiger partial charge in [0.2, 0.25) is 0 Å². The molecule has 0 bridgehead atoms. The van der Waals surface area contributed by atoms with Crippen LogP contribution in [0.2, 0.25) is 0 Å². The monoisotopic (exact) mass is 319 g/mol. The summed E-state index contributed by atoms with van der Waals surface area (Å²) in [5.74, 6) is 5.63. The normalized spacial score (nSPS) is 12.3. The third kappa shape index (κ3) is 4.74. The Hall–Kier alpha value is -1.23. The van der Waals surface area contributed by atoms with E-state index in [9.17, 15) is 0 Å². The predicted molar refractivity (Wildman–Crippen MR) is 81.5 cm³/mol. The van der Waals surface area contributed by atoms with Crippen molar-refractivity contribution in [1.29, 1.82) is 0 Å². The molecule has 100 valence electrons. The van der Waals surface area contributed by atoms with Gasteiger partial charge in [-0.2, -0.15) is 0 Å². The number of hydrogen-bond donors (Lipinski definition) is 2. The highest BCUT2D eigenvalue weighted by Gasteiger charge is 2.08. The van der Waals surface area contributed by atoms with Gasteiger partial charge in [-0.3, -0.25) is 16.3 Å². The number of aryl methyl sites for hydroxylation is 1. The molecule has 2 rings (SSSR count). The second kappa shape index (κ2) is 7.38. The quantitative estimate of drug-likeness (QED) is 0.636. The van der Waals surface area contributed by atoms with Gasteiger partial charge in [-0.05, 0) is 49.1 Å². The number of nitrogens with zero attached hydrogens (tertiary/aromatic N) is 1. The number of hydrogen-bond acceptors (Lipinski definition) is 3. The number of rotatable bonds is 6. The molecule has 1 heterocycles. The second-order valence-corrected chi connectivity index (χ2v) is 5.47. The summed E-state index contributed by atoms with van der Waals surface area (Å²) in [4.78, 5) is 4.33. The van der Waals surface area contributed by atoms with E-state index in [1.807, 2.05) is 24.4 Å². The van der Waals surface area contributed by atoms with Crippen molar-refractivity contribution in [2.24, 2.45) is 5.84 Å². The van der Waals surface area contributed by atoms with Crippen molar-refractivity contribution in [2.75, 3.05) is 0 Å². The Kier molecular flexibility index (Phi) is 5.51. The summed E-state index contributed by atoms with van der Waals surface area (Å²) in [6.07, 6.45) is 4.67. The average Bonchev–Trinajstić information content (AvgIpc) is 2.46. The molecule has 4 heteroatoms. The van der Waals surface area contributed by atoms with E-state index >= 15 is 0 Å². The standard InChI is InChI=1S/C15H18BrN3/c16-13-6-4-12(5-7-13)11-15(19-17)9-8-14-3-1-2-10-18-14/h1-7,10,15,19H,8-9,11,17H2. The van der Waals surface area contributed by atoms with E-state index in [2.05, 4.69) is 50.6 Å². The van der Waals surface area contributed by atoms with Gasteiger partial charge in [0.1, 0.15) is 0 Å². The van der Waals surface area contributed by atoms with Gasteiger partial charge in [0, 0.05) is 22.4 Å². The number of halogens is 1. The van der Waals surface area contributed by atoms with Gasteiger partial charge >= 0.3 is 0 Å². The molecule has 1 atom stereocenters. The zero-order chi connectivity index (χ0) is 13.5. The second-order valence-electron chi connectivity index (χ2n) is 4.55. The Morgan fingerprint density at radius 1 is 1.16 bits per heavy atom. The van der Waals surface area contributed by atoms with Gasteiger partial charge in [0.05, 0.1) is 0 Å². The molecule has 3 N–H and O–H groups in total. The lowest BCUT2D eigenvalue weighted by molar-refractivity contribution is 0.489. The summed E-state index contributed by atoms with van der Waals surface area (Å²) >= 11 is 3.44. The van der Waals surface area contributed by atoms with E-state index in [0.29, 0.717) is 0 Å². The highest BCUT2D eigenvalue weighted by atomic mass is 79.9. The van der Waals surface area contributed by atoms with E-state index in [1.165, 1.54) is 5.56 Å². The van der Waals surface area contributed by atoms with Gasteiger partial charge < -0.3 is 0 Å². The minimum absolute atomic E-state index is 0.267. The minimum Gasteiger partial charge on any atom is -0.271 e. The van der Waals surface area contributed by atoms with Crippen LogP contribution in [-0.2, 0) is 12.8 Å². The third-order valence-electron chi connectivity index (χ3n) is 3.11. The molecule has 0 amide bonds. The molecule has 0 saturated heterocycles. The summed E-state index contributed by atoms with van der Waals surface area (Å²) < 4.78 is 1.10. The molecule has 1 unspecified atom stereocenters. The van der Waals surface area contributed by atoms with Gasteiger partial charge in [0.25, 0.3) is 0 Å². The number of benzene rings is 1. The van der Waals surface area contributed by atoms with E-state index < -0.39 is 0 Å². The molecule has 3 nitrogen and oxygen atoms in total. The smallest absolute Gasteiger partial charge is 0.0404 e. The SMILES string of the molecule is NNC(CCc1ccccn1)Cc1ccc(Br)cc1. The number of hydrazine groups is 1. The molecule has 0 aliphatic carbocycles. The molecule has 0 spiro atoms. The van der Waals surface area contributed by atoms with Crippen molar-refractivity contribution in [3.8, 4) is 0 Å². The minimum atomic E-state index is 0.267. The fourth-order valence-electron chi connectivity index (χ4n) is 2.02. The lowest BCUT2D eigenvalue weighted by atomic mass is 10.0. The number of nitrogens with one attached hydrogen (secondary N) is 1. The summed E-state index contributed by atoms with van der Waals surface area (Å²) in [6, 6.07) is 14.6.